The summed E-state index contributed by atoms with van der Waals surface area (Å²) in [5.74, 6) is 0.793. The molecule has 1 heterocycles. The van der Waals surface area contributed by atoms with Crippen LogP contribution in [0.2, 0.25) is 0 Å². The van der Waals surface area contributed by atoms with Crippen LogP contribution in [0.1, 0.15) is 6.92 Å². The summed E-state index contributed by atoms with van der Waals surface area (Å²) in [6.07, 6.45) is 0. The standard InChI is InChI=1S/C8H17NO2/c1-7-3-9(4-7)8(5-10)6-11-2/h7-8,10H,3-6H2,1-2H3. The van der Waals surface area contributed by atoms with Crippen LogP contribution in [0.4, 0.5) is 0 Å². The van der Waals surface area contributed by atoms with E-state index in [1.54, 1.807) is 7.11 Å². The van der Waals surface area contributed by atoms with Crippen molar-refractivity contribution in [3.8, 4) is 0 Å². The van der Waals surface area contributed by atoms with E-state index in [-0.39, 0.29) is 12.6 Å². The van der Waals surface area contributed by atoms with Crippen LogP contribution in [0.5, 0.6) is 0 Å². The molecule has 0 amide bonds. The van der Waals surface area contributed by atoms with Crippen molar-refractivity contribution in [2.24, 2.45) is 5.92 Å². The predicted octanol–water partition coefficient (Wildman–Crippen LogP) is -0.0546. The van der Waals surface area contributed by atoms with Crippen LogP contribution in [-0.2, 0) is 4.74 Å². The Labute approximate surface area is 68.0 Å². The van der Waals surface area contributed by atoms with E-state index in [0.29, 0.717) is 6.61 Å². The first kappa shape index (κ1) is 8.97. The fourth-order valence-electron chi connectivity index (χ4n) is 1.51. The molecule has 3 heteroatoms. The zero-order chi connectivity index (χ0) is 8.27. The molecule has 0 spiro atoms. The van der Waals surface area contributed by atoms with E-state index in [4.69, 9.17) is 9.84 Å². The summed E-state index contributed by atoms with van der Waals surface area (Å²) in [5, 5.41) is 8.96. The molecule has 0 aromatic heterocycles. The number of ether oxygens (including phenoxy) is 1. The minimum absolute atomic E-state index is 0.209. The van der Waals surface area contributed by atoms with Crippen LogP contribution in [0.3, 0.4) is 0 Å². The van der Waals surface area contributed by atoms with Gasteiger partial charge in [-0.05, 0) is 5.92 Å². The molecular weight excluding hydrogens is 142 g/mol. The number of rotatable bonds is 4. The van der Waals surface area contributed by atoms with Crippen molar-refractivity contribution in [2.45, 2.75) is 13.0 Å². The van der Waals surface area contributed by atoms with Gasteiger partial charge in [-0.3, -0.25) is 4.90 Å². The van der Waals surface area contributed by atoms with E-state index in [9.17, 15) is 0 Å². The first-order valence-corrected chi connectivity index (χ1v) is 4.11. The van der Waals surface area contributed by atoms with Gasteiger partial charge in [-0.1, -0.05) is 6.92 Å². The maximum atomic E-state index is 8.96. The number of aliphatic hydroxyl groups is 1. The lowest BCUT2D eigenvalue weighted by Crippen LogP contribution is -2.53. The van der Waals surface area contributed by atoms with E-state index in [0.717, 1.165) is 19.0 Å². The highest BCUT2D eigenvalue weighted by atomic mass is 16.5. The van der Waals surface area contributed by atoms with Crippen LogP contribution in [0.25, 0.3) is 0 Å². The smallest absolute Gasteiger partial charge is 0.0640 e. The molecule has 66 valence electrons. The third kappa shape index (κ3) is 2.15. The molecule has 0 radical (unpaired) electrons. The molecule has 1 fully saturated rings. The number of nitrogens with zero attached hydrogens (tertiary/aromatic N) is 1. The Balaban J connectivity index is 2.20. The predicted molar refractivity (Wildman–Crippen MR) is 43.5 cm³/mol. The van der Waals surface area contributed by atoms with E-state index < -0.39 is 0 Å². The third-order valence-corrected chi connectivity index (χ3v) is 2.18. The van der Waals surface area contributed by atoms with Crippen LogP contribution in [0, 0.1) is 5.92 Å². The van der Waals surface area contributed by atoms with Crippen LogP contribution in [0.15, 0.2) is 0 Å². The largest absolute Gasteiger partial charge is 0.395 e. The molecule has 11 heavy (non-hydrogen) atoms. The molecule has 0 saturated carbocycles. The second-order valence-electron chi connectivity index (χ2n) is 3.35. The zero-order valence-electron chi connectivity index (χ0n) is 7.29. The Morgan fingerprint density at radius 3 is 2.64 bits per heavy atom. The highest BCUT2D eigenvalue weighted by Crippen LogP contribution is 2.17. The van der Waals surface area contributed by atoms with E-state index in [2.05, 4.69) is 11.8 Å². The first-order chi connectivity index (χ1) is 5.27. The van der Waals surface area contributed by atoms with Gasteiger partial charge in [0.25, 0.3) is 0 Å². The molecule has 1 aliphatic rings. The Morgan fingerprint density at radius 1 is 1.64 bits per heavy atom. The van der Waals surface area contributed by atoms with Crippen LogP contribution < -0.4 is 0 Å². The molecular formula is C8H17NO2. The van der Waals surface area contributed by atoms with Crippen LogP contribution in [-0.4, -0.2) is 49.5 Å². The average molecular weight is 159 g/mol. The normalized spacial score (nSPS) is 23.2. The molecule has 1 rings (SSSR count). The Kier molecular flexibility index (Phi) is 3.30. The topological polar surface area (TPSA) is 32.7 Å². The van der Waals surface area contributed by atoms with Gasteiger partial charge in [0.1, 0.15) is 0 Å². The van der Waals surface area contributed by atoms with Gasteiger partial charge in [-0.25, -0.2) is 0 Å². The Bertz CT molecular complexity index is 113. The van der Waals surface area contributed by atoms with Gasteiger partial charge in [0.15, 0.2) is 0 Å². The van der Waals surface area contributed by atoms with Gasteiger partial charge in [-0.15, -0.1) is 0 Å². The van der Waals surface area contributed by atoms with Crippen LogP contribution >= 0.6 is 0 Å². The quantitative estimate of drug-likeness (QED) is 0.624. The summed E-state index contributed by atoms with van der Waals surface area (Å²) in [7, 11) is 1.67. The Morgan fingerprint density at radius 2 is 2.27 bits per heavy atom. The molecule has 1 aliphatic heterocycles. The highest BCUT2D eigenvalue weighted by Gasteiger charge is 2.28. The fourth-order valence-corrected chi connectivity index (χ4v) is 1.51. The summed E-state index contributed by atoms with van der Waals surface area (Å²) in [4.78, 5) is 2.26. The van der Waals surface area contributed by atoms with E-state index in [1.165, 1.54) is 0 Å². The van der Waals surface area contributed by atoms with Gasteiger partial charge >= 0.3 is 0 Å². The molecule has 0 bridgehead atoms. The van der Waals surface area contributed by atoms with Crippen molar-refractivity contribution < 1.29 is 9.84 Å². The molecule has 1 N–H and O–H groups in total. The molecule has 0 aromatic rings. The van der Waals surface area contributed by atoms with Crippen molar-refractivity contribution in [3.63, 3.8) is 0 Å². The lowest BCUT2D eigenvalue weighted by atomic mass is 10.0. The summed E-state index contributed by atoms with van der Waals surface area (Å²) in [5.41, 5.74) is 0. The monoisotopic (exact) mass is 159 g/mol. The maximum Gasteiger partial charge on any atom is 0.0640 e. The zero-order valence-corrected chi connectivity index (χ0v) is 7.29. The summed E-state index contributed by atoms with van der Waals surface area (Å²) in [6.45, 7) is 5.28. The average Bonchev–Trinajstić information content (AvgIpc) is 1.95. The summed E-state index contributed by atoms with van der Waals surface area (Å²) < 4.78 is 4.99. The van der Waals surface area contributed by atoms with Gasteiger partial charge in [0, 0.05) is 20.2 Å². The lowest BCUT2D eigenvalue weighted by Gasteiger charge is -2.42. The number of methoxy groups -OCH3 is 1. The highest BCUT2D eigenvalue weighted by molar-refractivity contribution is 4.82. The first-order valence-electron chi connectivity index (χ1n) is 4.11. The molecule has 0 aliphatic carbocycles. The SMILES string of the molecule is COCC(CO)N1CC(C)C1. The van der Waals surface area contributed by atoms with Gasteiger partial charge in [0.2, 0.25) is 0 Å². The molecule has 0 aromatic carbocycles. The van der Waals surface area contributed by atoms with Crippen molar-refractivity contribution in [1.82, 2.24) is 4.90 Å². The second-order valence-corrected chi connectivity index (χ2v) is 3.35. The minimum atomic E-state index is 0.209. The summed E-state index contributed by atoms with van der Waals surface area (Å²) >= 11 is 0. The number of likely N-dealkylation sites (tertiary alicyclic amines) is 1. The van der Waals surface area contributed by atoms with E-state index >= 15 is 0 Å². The lowest BCUT2D eigenvalue weighted by molar-refractivity contribution is -0.00689. The number of hydrogen-bond acceptors (Lipinski definition) is 3. The van der Waals surface area contributed by atoms with Gasteiger partial charge in [-0.2, -0.15) is 0 Å². The molecule has 1 unspecified atom stereocenters. The minimum Gasteiger partial charge on any atom is -0.395 e. The number of aliphatic hydroxyl groups excluding tert-OH is 1. The fraction of sp³-hybridized carbons (Fsp3) is 1.00. The van der Waals surface area contributed by atoms with Gasteiger partial charge < -0.3 is 9.84 Å². The van der Waals surface area contributed by atoms with Crippen molar-refractivity contribution in [3.05, 3.63) is 0 Å². The summed E-state index contributed by atoms with van der Waals surface area (Å²) in [6, 6.07) is 0.219. The van der Waals surface area contributed by atoms with Crippen molar-refractivity contribution in [1.29, 1.82) is 0 Å². The molecule has 3 nitrogen and oxygen atoms in total. The third-order valence-electron chi connectivity index (χ3n) is 2.18. The Hall–Kier alpha value is -0.120. The maximum absolute atomic E-state index is 8.96. The molecule has 1 saturated heterocycles. The van der Waals surface area contributed by atoms with Gasteiger partial charge in [0.05, 0.1) is 19.3 Å². The van der Waals surface area contributed by atoms with E-state index in [1.807, 2.05) is 0 Å². The number of hydrogen-bond donors (Lipinski definition) is 1. The second kappa shape index (κ2) is 4.04. The van der Waals surface area contributed by atoms with Crippen molar-refractivity contribution >= 4 is 0 Å². The van der Waals surface area contributed by atoms with Crippen molar-refractivity contribution in [2.75, 3.05) is 33.4 Å². The molecule has 1 atom stereocenters.